The molecule has 0 bridgehead atoms. The van der Waals surface area contributed by atoms with E-state index in [0.29, 0.717) is 5.57 Å². The lowest BCUT2D eigenvalue weighted by molar-refractivity contribution is -0.110. The Morgan fingerprint density at radius 3 is 2.55 bits per heavy atom. The van der Waals surface area contributed by atoms with Crippen LogP contribution >= 0.6 is 0 Å². The lowest BCUT2D eigenvalue weighted by atomic mass is 10.1. The second-order valence-electron chi connectivity index (χ2n) is 4.90. The SMILES string of the molecule is C=c1/c(=C2/C(=O)Nc3ccccc32)[nH]c2ccccc12. The number of H-pyrrole nitrogens is 1. The molecule has 0 unspecified atom stereocenters. The van der Waals surface area contributed by atoms with Crippen LogP contribution in [0.3, 0.4) is 0 Å². The molecule has 96 valence electrons. The fourth-order valence-corrected chi connectivity index (χ4v) is 2.78. The Bertz CT molecular complexity index is 966. The first kappa shape index (κ1) is 11.1. The van der Waals surface area contributed by atoms with E-state index >= 15 is 0 Å². The average Bonchev–Trinajstić information content (AvgIpc) is 2.96. The number of fused-ring (bicyclic) bond motifs is 2. The first-order valence-corrected chi connectivity index (χ1v) is 6.46. The molecule has 20 heavy (non-hydrogen) atoms. The van der Waals surface area contributed by atoms with Crippen LogP contribution in [0.15, 0.2) is 48.5 Å². The van der Waals surface area contributed by atoms with Crippen molar-refractivity contribution < 1.29 is 4.79 Å². The molecule has 0 saturated heterocycles. The summed E-state index contributed by atoms with van der Waals surface area (Å²) in [4.78, 5) is 15.6. The molecule has 0 saturated carbocycles. The number of nitrogens with one attached hydrogen (secondary N) is 2. The van der Waals surface area contributed by atoms with Crippen molar-refractivity contribution >= 4 is 34.6 Å². The fourth-order valence-electron chi connectivity index (χ4n) is 2.78. The van der Waals surface area contributed by atoms with E-state index in [1.165, 1.54) is 0 Å². The minimum atomic E-state index is -0.0809. The van der Waals surface area contributed by atoms with Gasteiger partial charge in [0.2, 0.25) is 0 Å². The van der Waals surface area contributed by atoms with Crippen LogP contribution in [0.2, 0.25) is 0 Å². The number of anilines is 1. The van der Waals surface area contributed by atoms with Gasteiger partial charge in [-0.25, -0.2) is 0 Å². The van der Waals surface area contributed by atoms with Gasteiger partial charge in [0.1, 0.15) is 0 Å². The van der Waals surface area contributed by atoms with Crippen LogP contribution in [0.1, 0.15) is 5.56 Å². The standard InChI is InChI=1S/C17H12N2O/c1-10-11-6-2-4-8-13(11)18-16(10)15-12-7-3-5-9-14(12)19-17(15)20/h2-9,18H,1H2,(H,19,20)/b16-15-. The number of carbonyl (C=O) groups excluding carboxylic acids is 1. The van der Waals surface area contributed by atoms with E-state index < -0.39 is 0 Å². The normalized spacial score (nSPS) is 16.3. The summed E-state index contributed by atoms with van der Waals surface area (Å²) in [6, 6.07) is 15.7. The van der Waals surface area contributed by atoms with Crippen LogP contribution in [0.4, 0.5) is 5.69 Å². The van der Waals surface area contributed by atoms with Gasteiger partial charge in [0.25, 0.3) is 5.91 Å². The van der Waals surface area contributed by atoms with Crippen molar-refractivity contribution in [3.63, 3.8) is 0 Å². The van der Waals surface area contributed by atoms with Crippen molar-refractivity contribution in [2.45, 2.75) is 0 Å². The van der Waals surface area contributed by atoms with Crippen LogP contribution in [-0.4, -0.2) is 10.9 Å². The molecule has 3 heteroatoms. The summed E-state index contributed by atoms with van der Waals surface area (Å²) in [6.45, 7) is 4.13. The van der Waals surface area contributed by atoms with Crippen molar-refractivity contribution in [1.29, 1.82) is 0 Å². The first-order valence-electron chi connectivity index (χ1n) is 6.46. The van der Waals surface area contributed by atoms with E-state index in [4.69, 9.17) is 0 Å². The van der Waals surface area contributed by atoms with E-state index in [-0.39, 0.29) is 5.91 Å². The number of rotatable bonds is 0. The summed E-state index contributed by atoms with van der Waals surface area (Å²) >= 11 is 0. The number of aromatic nitrogens is 1. The topological polar surface area (TPSA) is 44.9 Å². The number of para-hydroxylation sites is 2. The fraction of sp³-hybridized carbons (Fsp3) is 0. The third-order valence-electron chi connectivity index (χ3n) is 3.74. The summed E-state index contributed by atoms with van der Waals surface area (Å²) in [6.07, 6.45) is 0. The van der Waals surface area contributed by atoms with Gasteiger partial charge < -0.3 is 10.3 Å². The van der Waals surface area contributed by atoms with Crippen LogP contribution < -0.4 is 15.9 Å². The summed E-state index contributed by atoms with van der Waals surface area (Å²) in [5.41, 5.74) is 3.44. The monoisotopic (exact) mass is 260 g/mol. The number of carbonyl (C=O) groups is 1. The Morgan fingerprint density at radius 2 is 1.70 bits per heavy atom. The van der Waals surface area contributed by atoms with E-state index in [1.54, 1.807) is 0 Å². The lowest BCUT2D eigenvalue weighted by Crippen LogP contribution is -2.27. The number of aromatic amines is 1. The van der Waals surface area contributed by atoms with Gasteiger partial charge in [-0.1, -0.05) is 43.0 Å². The van der Waals surface area contributed by atoms with Gasteiger partial charge in [-0.3, -0.25) is 4.79 Å². The van der Waals surface area contributed by atoms with Crippen LogP contribution in [-0.2, 0) is 4.79 Å². The molecule has 1 amide bonds. The van der Waals surface area contributed by atoms with Gasteiger partial charge in [0.15, 0.2) is 0 Å². The smallest absolute Gasteiger partial charge is 0.258 e. The van der Waals surface area contributed by atoms with E-state index in [1.807, 2.05) is 48.5 Å². The zero-order valence-electron chi connectivity index (χ0n) is 10.7. The first-order chi connectivity index (χ1) is 9.75. The Hall–Kier alpha value is -2.81. The predicted molar refractivity (Wildman–Crippen MR) is 80.7 cm³/mol. The van der Waals surface area contributed by atoms with Crippen LogP contribution in [0.25, 0.3) is 23.1 Å². The summed E-state index contributed by atoms with van der Waals surface area (Å²) in [7, 11) is 0. The second kappa shape index (κ2) is 3.84. The van der Waals surface area contributed by atoms with Crippen molar-refractivity contribution in [2.75, 3.05) is 5.32 Å². The van der Waals surface area contributed by atoms with Crippen LogP contribution in [0, 0.1) is 0 Å². The highest BCUT2D eigenvalue weighted by molar-refractivity contribution is 6.31. The van der Waals surface area contributed by atoms with E-state index in [9.17, 15) is 4.79 Å². The molecule has 0 spiro atoms. The molecule has 1 aliphatic heterocycles. The number of amides is 1. The molecule has 2 N–H and O–H groups in total. The molecule has 0 atom stereocenters. The van der Waals surface area contributed by atoms with Crippen molar-refractivity contribution in [3.8, 4) is 0 Å². The lowest BCUT2D eigenvalue weighted by Gasteiger charge is -1.95. The molecular formula is C17H12N2O. The zero-order valence-corrected chi connectivity index (χ0v) is 10.7. The summed E-state index contributed by atoms with van der Waals surface area (Å²) < 4.78 is 0. The van der Waals surface area contributed by atoms with Gasteiger partial charge in [-0.2, -0.15) is 0 Å². The molecule has 0 radical (unpaired) electrons. The van der Waals surface area contributed by atoms with Crippen molar-refractivity contribution in [2.24, 2.45) is 0 Å². The van der Waals surface area contributed by atoms with Crippen molar-refractivity contribution in [3.05, 3.63) is 64.7 Å². The summed E-state index contributed by atoms with van der Waals surface area (Å²) in [5, 5.41) is 5.61. The summed E-state index contributed by atoms with van der Waals surface area (Å²) in [5.74, 6) is -0.0809. The second-order valence-corrected chi connectivity index (χ2v) is 4.90. The largest absolute Gasteiger partial charge is 0.354 e. The Labute approximate surface area is 115 Å². The van der Waals surface area contributed by atoms with Gasteiger partial charge in [-0.05, 0) is 12.1 Å². The zero-order chi connectivity index (χ0) is 13.7. The minimum Gasteiger partial charge on any atom is -0.354 e. The number of hydrogen-bond donors (Lipinski definition) is 2. The maximum absolute atomic E-state index is 12.3. The number of hydrogen-bond acceptors (Lipinski definition) is 1. The highest BCUT2D eigenvalue weighted by atomic mass is 16.2. The molecule has 1 aliphatic rings. The van der Waals surface area contributed by atoms with Gasteiger partial charge in [-0.15, -0.1) is 0 Å². The molecular weight excluding hydrogens is 248 g/mol. The Morgan fingerprint density at radius 1 is 0.950 bits per heavy atom. The van der Waals surface area contributed by atoms with Gasteiger partial charge >= 0.3 is 0 Å². The molecule has 4 rings (SSSR count). The average molecular weight is 260 g/mol. The number of benzene rings is 2. The van der Waals surface area contributed by atoms with Gasteiger partial charge in [0, 0.05) is 27.4 Å². The molecule has 1 aromatic heterocycles. The third-order valence-corrected chi connectivity index (χ3v) is 3.74. The maximum Gasteiger partial charge on any atom is 0.258 e. The highest BCUT2D eigenvalue weighted by Crippen LogP contribution is 2.28. The molecule has 3 aromatic rings. The van der Waals surface area contributed by atoms with E-state index in [2.05, 4.69) is 16.9 Å². The highest BCUT2D eigenvalue weighted by Gasteiger charge is 2.25. The van der Waals surface area contributed by atoms with Crippen LogP contribution in [0.5, 0.6) is 0 Å². The van der Waals surface area contributed by atoms with Gasteiger partial charge in [0.05, 0.1) is 10.9 Å². The maximum atomic E-state index is 12.3. The minimum absolute atomic E-state index is 0.0809. The molecule has 0 aliphatic carbocycles. The molecule has 2 aromatic carbocycles. The molecule has 2 heterocycles. The predicted octanol–water partition coefficient (Wildman–Crippen LogP) is 1.73. The Balaban J connectivity index is 2.19. The van der Waals surface area contributed by atoms with Crippen molar-refractivity contribution in [1.82, 2.24) is 4.98 Å². The quantitative estimate of drug-likeness (QED) is 0.635. The molecule has 3 nitrogen and oxygen atoms in total. The van der Waals surface area contributed by atoms with E-state index in [0.717, 1.165) is 32.7 Å². The molecule has 0 fully saturated rings. The Kier molecular flexibility index (Phi) is 2.12. The third kappa shape index (κ3) is 1.37.